The van der Waals surface area contributed by atoms with E-state index in [0.29, 0.717) is 0 Å². The lowest BCUT2D eigenvalue weighted by Crippen LogP contribution is -2.10. The van der Waals surface area contributed by atoms with Gasteiger partial charge in [-0.2, -0.15) is 0 Å². The van der Waals surface area contributed by atoms with Crippen LogP contribution in [-0.2, 0) is 4.74 Å². The molecule has 90 valence electrons. The maximum atomic E-state index is 6.00. The van der Waals surface area contributed by atoms with Crippen molar-refractivity contribution in [1.29, 1.82) is 0 Å². The fraction of sp³-hybridized carbons (Fsp3) is 0.188. The number of hydrogen-bond donors (Lipinski definition) is 0. The van der Waals surface area contributed by atoms with Gasteiger partial charge in [0, 0.05) is 5.56 Å². The molecule has 2 atom stereocenters. The minimum atomic E-state index is 0.0291. The van der Waals surface area contributed by atoms with Crippen LogP contribution >= 0.6 is 0 Å². The third-order valence-electron chi connectivity index (χ3n) is 3.15. The molecule has 3 rings (SSSR count). The Bertz CT molecular complexity index is 548. The molecule has 0 saturated heterocycles. The fourth-order valence-corrected chi connectivity index (χ4v) is 2.21. The van der Waals surface area contributed by atoms with Gasteiger partial charge in [0.1, 0.15) is 6.10 Å². The van der Waals surface area contributed by atoms with Crippen LogP contribution in [0.4, 0.5) is 0 Å². The van der Waals surface area contributed by atoms with E-state index >= 15 is 0 Å². The Hall–Kier alpha value is -2.09. The molecule has 2 aromatic carbocycles. The van der Waals surface area contributed by atoms with Crippen LogP contribution in [-0.4, -0.2) is 11.9 Å². The van der Waals surface area contributed by atoms with Crippen LogP contribution in [0, 0.1) is 0 Å². The lowest BCUT2D eigenvalue weighted by atomic mass is 10.0. The summed E-state index contributed by atoms with van der Waals surface area (Å²) in [4.78, 5) is 4.61. The molecule has 0 fully saturated rings. The first-order chi connectivity index (χ1) is 8.84. The molecule has 0 aromatic heterocycles. The highest BCUT2D eigenvalue weighted by atomic mass is 16.5. The van der Waals surface area contributed by atoms with Crippen molar-refractivity contribution in [3.63, 3.8) is 0 Å². The zero-order valence-corrected chi connectivity index (χ0v) is 10.3. The molecule has 0 spiro atoms. The van der Waals surface area contributed by atoms with E-state index < -0.39 is 0 Å². The van der Waals surface area contributed by atoms with E-state index in [2.05, 4.69) is 24.0 Å². The van der Waals surface area contributed by atoms with E-state index in [9.17, 15) is 0 Å². The van der Waals surface area contributed by atoms with E-state index in [1.807, 2.05) is 48.5 Å². The summed E-state index contributed by atoms with van der Waals surface area (Å²) >= 11 is 0. The largest absolute Gasteiger partial charge is 0.467 e. The summed E-state index contributed by atoms with van der Waals surface area (Å²) in [5.41, 5.74) is 2.22. The normalized spacial score (nSPS) is 22.4. The highest BCUT2D eigenvalue weighted by Gasteiger charge is 2.29. The predicted molar refractivity (Wildman–Crippen MR) is 72.7 cm³/mol. The monoisotopic (exact) mass is 237 g/mol. The number of aliphatic imine (C=N–C) groups is 1. The van der Waals surface area contributed by atoms with Crippen LogP contribution in [0.3, 0.4) is 0 Å². The van der Waals surface area contributed by atoms with Crippen LogP contribution in [0.25, 0.3) is 0 Å². The molecule has 0 bridgehead atoms. The molecule has 2 nitrogen and oxygen atoms in total. The second-order valence-electron chi connectivity index (χ2n) is 4.49. The van der Waals surface area contributed by atoms with Crippen molar-refractivity contribution in [1.82, 2.24) is 0 Å². The standard InChI is InChI=1S/C16H15NO/c1-12-15(13-8-4-2-5-9-13)18-16(17-12)14-10-6-3-7-11-14/h2-12,15H,1H3/t12-,15+/m1/s1. The van der Waals surface area contributed by atoms with Crippen molar-refractivity contribution in [2.45, 2.75) is 19.1 Å². The Kier molecular flexibility index (Phi) is 2.85. The molecule has 2 heteroatoms. The second-order valence-corrected chi connectivity index (χ2v) is 4.49. The van der Waals surface area contributed by atoms with Gasteiger partial charge in [0.2, 0.25) is 5.90 Å². The van der Waals surface area contributed by atoms with Gasteiger partial charge in [-0.1, -0.05) is 48.5 Å². The number of hydrogen-bond acceptors (Lipinski definition) is 2. The van der Waals surface area contributed by atoms with Crippen LogP contribution in [0.5, 0.6) is 0 Å². The number of nitrogens with zero attached hydrogens (tertiary/aromatic N) is 1. The Morgan fingerprint density at radius 1 is 0.889 bits per heavy atom. The van der Waals surface area contributed by atoms with Crippen LogP contribution in [0.15, 0.2) is 65.7 Å². The molecule has 0 aliphatic carbocycles. The highest BCUT2D eigenvalue weighted by Crippen LogP contribution is 2.30. The third-order valence-corrected chi connectivity index (χ3v) is 3.15. The van der Waals surface area contributed by atoms with Crippen molar-refractivity contribution in [2.24, 2.45) is 4.99 Å². The molecule has 0 saturated carbocycles. The van der Waals surface area contributed by atoms with Crippen molar-refractivity contribution in [2.75, 3.05) is 0 Å². The Balaban J connectivity index is 1.85. The molecule has 0 amide bonds. The van der Waals surface area contributed by atoms with E-state index in [1.165, 1.54) is 5.56 Å². The van der Waals surface area contributed by atoms with Gasteiger partial charge in [0.15, 0.2) is 0 Å². The maximum Gasteiger partial charge on any atom is 0.217 e. The van der Waals surface area contributed by atoms with Gasteiger partial charge >= 0.3 is 0 Å². The molecular weight excluding hydrogens is 222 g/mol. The van der Waals surface area contributed by atoms with Gasteiger partial charge in [-0.3, -0.25) is 0 Å². The lowest BCUT2D eigenvalue weighted by Gasteiger charge is -2.14. The van der Waals surface area contributed by atoms with Gasteiger partial charge in [0.25, 0.3) is 0 Å². The smallest absolute Gasteiger partial charge is 0.217 e. The second kappa shape index (κ2) is 4.65. The van der Waals surface area contributed by atoms with Crippen LogP contribution in [0.2, 0.25) is 0 Å². The summed E-state index contributed by atoms with van der Waals surface area (Å²) in [7, 11) is 0. The predicted octanol–water partition coefficient (Wildman–Crippen LogP) is 3.59. The lowest BCUT2D eigenvalue weighted by molar-refractivity contribution is 0.202. The number of rotatable bonds is 2. The summed E-state index contributed by atoms with van der Waals surface area (Å²) < 4.78 is 6.00. The molecule has 0 unspecified atom stereocenters. The zero-order chi connectivity index (χ0) is 12.4. The highest BCUT2D eigenvalue weighted by molar-refractivity contribution is 5.95. The van der Waals surface area contributed by atoms with E-state index in [-0.39, 0.29) is 12.1 Å². The van der Waals surface area contributed by atoms with Crippen molar-refractivity contribution < 1.29 is 4.74 Å². The van der Waals surface area contributed by atoms with Crippen molar-refractivity contribution in [3.8, 4) is 0 Å². The molecule has 1 aliphatic heterocycles. The average Bonchev–Trinajstić information content (AvgIpc) is 2.83. The molecule has 1 aliphatic rings. The first kappa shape index (κ1) is 11.0. The summed E-state index contributed by atoms with van der Waals surface area (Å²) in [5, 5.41) is 0. The Morgan fingerprint density at radius 3 is 2.17 bits per heavy atom. The Labute approximate surface area is 107 Å². The molecule has 1 heterocycles. The maximum absolute atomic E-state index is 6.00. The summed E-state index contributed by atoms with van der Waals surface area (Å²) in [5.74, 6) is 0.747. The summed E-state index contributed by atoms with van der Waals surface area (Å²) in [6, 6.07) is 20.5. The molecule has 2 aromatic rings. The molecule has 0 radical (unpaired) electrons. The molecule has 0 N–H and O–H groups in total. The first-order valence-corrected chi connectivity index (χ1v) is 6.19. The summed E-state index contributed by atoms with van der Waals surface area (Å²) in [6.45, 7) is 2.09. The van der Waals surface area contributed by atoms with Gasteiger partial charge in [-0.05, 0) is 24.6 Å². The van der Waals surface area contributed by atoms with Gasteiger partial charge < -0.3 is 4.74 Å². The van der Waals surface area contributed by atoms with E-state index in [4.69, 9.17) is 4.74 Å². The van der Waals surface area contributed by atoms with Gasteiger partial charge in [0.05, 0.1) is 6.04 Å². The summed E-state index contributed by atoms with van der Waals surface area (Å²) in [6.07, 6.45) is 0.0291. The minimum absolute atomic E-state index is 0.0291. The number of benzene rings is 2. The van der Waals surface area contributed by atoms with Crippen LogP contribution < -0.4 is 0 Å². The van der Waals surface area contributed by atoms with Gasteiger partial charge in [-0.25, -0.2) is 4.99 Å². The third kappa shape index (κ3) is 2.02. The Morgan fingerprint density at radius 2 is 1.50 bits per heavy atom. The topological polar surface area (TPSA) is 21.6 Å². The minimum Gasteiger partial charge on any atom is -0.467 e. The molecular formula is C16H15NO. The van der Waals surface area contributed by atoms with E-state index in [0.717, 1.165) is 11.5 Å². The SMILES string of the molecule is C[C@H]1N=C(c2ccccc2)O[C@@H]1c1ccccc1. The van der Waals surface area contributed by atoms with Crippen molar-refractivity contribution >= 4 is 5.90 Å². The van der Waals surface area contributed by atoms with Gasteiger partial charge in [-0.15, -0.1) is 0 Å². The quantitative estimate of drug-likeness (QED) is 0.782. The van der Waals surface area contributed by atoms with E-state index in [1.54, 1.807) is 0 Å². The zero-order valence-electron chi connectivity index (χ0n) is 10.3. The first-order valence-electron chi connectivity index (χ1n) is 6.19. The average molecular weight is 237 g/mol. The molecule has 18 heavy (non-hydrogen) atoms. The van der Waals surface area contributed by atoms with Crippen molar-refractivity contribution in [3.05, 3.63) is 71.8 Å². The van der Waals surface area contributed by atoms with Crippen LogP contribution in [0.1, 0.15) is 24.2 Å². The number of ether oxygens (including phenoxy) is 1. The fourth-order valence-electron chi connectivity index (χ4n) is 2.21.